The molecule has 2 unspecified atom stereocenters. The van der Waals surface area contributed by atoms with Crippen LogP contribution in [0.5, 0.6) is 0 Å². The largest absolute Gasteiger partial charge is 0.393 e. The van der Waals surface area contributed by atoms with Crippen LogP contribution in [0.3, 0.4) is 0 Å². The summed E-state index contributed by atoms with van der Waals surface area (Å²) in [5.41, 5.74) is -0.204. The van der Waals surface area contributed by atoms with Crippen molar-refractivity contribution in [3.8, 4) is 0 Å². The maximum absolute atomic E-state index is 11.6. The molecule has 1 rings (SSSR count). The molecule has 2 amide bonds. The van der Waals surface area contributed by atoms with Gasteiger partial charge >= 0.3 is 6.03 Å². The lowest BCUT2D eigenvalue weighted by molar-refractivity contribution is 0.110. The van der Waals surface area contributed by atoms with E-state index in [0.717, 1.165) is 32.4 Å². The number of likely N-dealkylation sites (N-methyl/N-ethyl adjacent to an activating group) is 1. The summed E-state index contributed by atoms with van der Waals surface area (Å²) in [4.78, 5) is 13.7. The van der Waals surface area contributed by atoms with E-state index in [2.05, 4.69) is 15.5 Å². The number of rotatable bonds is 5. The standard InChI is InChI=1S/C14H29N3O2/c1-14(2,3)16-13(19)15-8-9-17(4)10-11-6-5-7-12(11)18/h11-12,18H,5-10H2,1-4H3,(H2,15,16,19). The first-order valence-corrected chi connectivity index (χ1v) is 7.20. The van der Waals surface area contributed by atoms with E-state index in [1.807, 2.05) is 27.8 Å². The van der Waals surface area contributed by atoms with Gasteiger partial charge in [0.1, 0.15) is 0 Å². The third kappa shape index (κ3) is 6.78. The molecule has 1 aliphatic carbocycles. The molecule has 0 spiro atoms. The van der Waals surface area contributed by atoms with Gasteiger partial charge in [-0.25, -0.2) is 4.79 Å². The molecule has 1 aliphatic rings. The molecule has 5 heteroatoms. The monoisotopic (exact) mass is 271 g/mol. The average Bonchev–Trinajstić information content (AvgIpc) is 2.61. The molecule has 3 N–H and O–H groups in total. The zero-order valence-electron chi connectivity index (χ0n) is 12.7. The molecule has 0 aliphatic heterocycles. The van der Waals surface area contributed by atoms with Gasteiger partial charge in [-0.3, -0.25) is 0 Å². The van der Waals surface area contributed by atoms with Crippen molar-refractivity contribution in [1.29, 1.82) is 0 Å². The van der Waals surface area contributed by atoms with E-state index in [1.54, 1.807) is 0 Å². The summed E-state index contributed by atoms with van der Waals surface area (Å²) in [6.45, 7) is 8.21. The molecule has 112 valence electrons. The first kappa shape index (κ1) is 16.2. The van der Waals surface area contributed by atoms with Gasteiger partial charge in [-0.05, 0) is 46.6 Å². The Morgan fingerprint density at radius 2 is 2.05 bits per heavy atom. The zero-order valence-corrected chi connectivity index (χ0v) is 12.7. The van der Waals surface area contributed by atoms with Gasteiger partial charge in [0.15, 0.2) is 0 Å². The van der Waals surface area contributed by atoms with Crippen molar-refractivity contribution < 1.29 is 9.90 Å². The molecule has 0 bridgehead atoms. The van der Waals surface area contributed by atoms with E-state index in [4.69, 9.17) is 0 Å². The third-order valence-electron chi connectivity index (χ3n) is 3.43. The predicted molar refractivity (Wildman–Crippen MR) is 77.1 cm³/mol. The SMILES string of the molecule is CN(CCNC(=O)NC(C)(C)C)CC1CCCC1O. The molecular formula is C14H29N3O2. The second-order valence-corrected chi connectivity index (χ2v) is 6.65. The van der Waals surface area contributed by atoms with Crippen molar-refractivity contribution in [2.45, 2.75) is 51.7 Å². The summed E-state index contributed by atoms with van der Waals surface area (Å²) >= 11 is 0. The van der Waals surface area contributed by atoms with Crippen LogP contribution in [-0.4, -0.2) is 54.4 Å². The molecule has 1 saturated carbocycles. The normalized spacial score (nSPS) is 23.7. The van der Waals surface area contributed by atoms with Crippen LogP contribution in [0.1, 0.15) is 40.0 Å². The lowest BCUT2D eigenvalue weighted by Gasteiger charge is -2.24. The van der Waals surface area contributed by atoms with Crippen LogP contribution in [0.2, 0.25) is 0 Å². The summed E-state index contributed by atoms with van der Waals surface area (Å²) < 4.78 is 0. The number of aliphatic hydroxyl groups is 1. The number of aliphatic hydroxyl groups excluding tert-OH is 1. The molecule has 0 aromatic heterocycles. The Kier molecular flexibility index (Phi) is 6.07. The summed E-state index contributed by atoms with van der Waals surface area (Å²) in [6.07, 6.45) is 3.04. The summed E-state index contributed by atoms with van der Waals surface area (Å²) in [5.74, 6) is 0.397. The number of urea groups is 1. The summed E-state index contributed by atoms with van der Waals surface area (Å²) in [5, 5.41) is 15.5. The Hall–Kier alpha value is -0.810. The van der Waals surface area contributed by atoms with Gasteiger partial charge in [0.2, 0.25) is 0 Å². The Balaban J connectivity index is 2.13. The quantitative estimate of drug-likeness (QED) is 0.703. The minimum Gasteiger partial charge on any atom is -0.393 e. The van der Waals surface area contributed by atoms with Crippen molar-refractivity contribution in [2.24, 2.45) is 5.92 Å². The van der Waals surface area contributed by atoms with Crippen LogP contribution in [0.25, 0.3) is 0 Å². The highest BCUT2D eigenvalue weighted by Crippen LogP contribution is 2.25. The lowest BCUT2D eigenvalue weighted by atomic mass is 10.1. The van der Waals surface area contributed by atoms with E-state index in [0.29, 0.717) is 12.5 Å². The molecule has 5 nitrogen and oxygen atoms in total. The smallest absolute Gasteiger partial charge is 0.315 e. The van der Waals surface area contributed by atoms with Crippen molar-refractivity contribution in [2.75, 3.05) is 26.7 Å². The fourth-order valence-corrected chi connectivity index (χ4v) is 2.47. The average molecular weight is 271 g/mol. The number of hydrogen-bond acceptors (Lipinski definition) is 3. The van der Waals surface area contributed by atoms with E-state index >= 15 is 0 Å². The highest BCUT2D eigenvalue weighted by Gasteiger charge is 2.25. The first-order valence-electron chi connectivity index (χ1n) is 7.20. The van der Waals surface area contributed by atoms with Gasteiger partial charge in [0.25, 0.3) is 0 Å². The molecular weight excluding hydrogens is 242 g/mol. The van der Waals surface area contributed by atoms with Gasteiger partial charge in [0.05, 0.1) is 6.10 Å². The Morgan fingerprint density at radius 3 is 2.58 bits per heavy atom. The molecule has 0 heterocycles. The molecule has 2 atom stereocenters. The van der Waals surface area contributed by atoms with Crippen LogP contribution in [-0.2, 0) is 0 Å². The van der Waals surface area contributed by atoms with Crippen molar-refractivity contribution in [1.82, 2.24) is 15.5 Å². The second-order valence-electron chi connectivity index (χ2n) is 6.65. The maximum Gasteiger partial charge on any atom is 0.315 e. The van der Waals surface area contributed by atoms with Gasteiger partial charge < -0.3 is 20.6 Å². The zero-order chi connectivity index (χ0) is 14.5. The van der Waals surface area contributed by atoms with E-state index < -0.39 is 0 Å². The highest BCUT2D eigenvalue weighted by molar-refractivity contribution is 5.74. The number of carbonyl (C=O) groups excluding carboxylic acids is 1. The number of nitrogens with zero attached hydrogens (tertiary/aromatic N) is 1. The van der Waals surface area contributed by atoms with Crippen molar-refractivity contribution in [3.05, 3.63) is 0 Å². The maximum atomic E-state index is 11.6. The van der Waals surface area contributed by atoms with Crippen LogP contribution in [0.15, 0.2) is 0 Å². The molecule has 0 saturated heterocycles. The van der Waals surface area contributed by atoms with E-state index in [-0.39, 0.29) is 17.7 Å². The van der Waals surface area contributed by atoms with Gasteiger partial charge in [-0.1, -0.05) is 6.42 Å². The van der Waals surface area contributed by atoms with Gasteiger partial charge in [0, 0.05) is 25.2 Å². The molecule has 0 radical (unpaired) electrons. The minimum atomic E-state index is -0.204. The van der Waals surface area contributed by atoms with Crippen molar-refractivity contribution in [3.63, 3.8) is 0 Å². The van der Waals surface area contributed by atoms with Crippen molar-refractivity contribution >= 4 is 6.03 Å². The second kappa shape index (κ2) is 7.10. The van der Waals surface area contributed by atoms with Crippen LogP contribution in [0, 0.1) is 5.92 Å². The predicted octanol–water partition coefficient (Wildman–Crippen LogP) is 1.18. The first-order chi connectivity index (χ1) is 8.78. The molecule has 1 fully saturated rings. The topological polar surface area (TPSA) is 64.6 Å². The number of hydrogen-bond donors (Lipinski definition) is 3. The molecule has 0 aromatic rings. The number of carbonyl (C=O) groups is 1. The lowest BCUT2D eigenvalue weighted by Crippen LogP contribution is -2.48. The Bertz CT molecular complexity index is 289. The van der Waals surface area contributed by atoms with E-state index in [1.165, 1.54) is 0 Å². The van der Waals surface area contributed by atoms with E-state index in [9.17, 15) is 9.90 Å². The highest BCUT2D eigenvalue weighted by atomic mass is 16.3. The van der Waals surface area contributed by atoms with Crippen LogP contribution < -0.4 is 10.6 Å². The van der Waals surface area contributed by atoms with Gasteiger partial charge in [-0.15, -0.1) is 0 Å². The fraction of sp³-hybridized carbons (Fsp3) is 0.929. The van der Waals surface area contributed by atoms with Crippen LogP contribution >= 0.6 is 0 Å². The number of amides is 2. The van der Waals surface area contributed by atoms with Crippen LogP contribution in [0.4, 0.5) is 4.79 Å². The van der Waals surface area contributed by atoms with Gasteiger partial charge in [-0.2, -0.15) is 0 Å². The molecule has 0 aromatic carbocycles. The summed E-state index contributed by atoms with van der Waals surface area (Å²) in [7, 11) is 2.04. The molecule has 19 heavy (non-hydrogen) atoms. The number of nitrogens with one attached hydrogen (secondary N) is 2. The Labute approximate surface area is 116 Å². The minimum absolute atomic E-state index is 0.123. The third-order valence-corrected chi connectivity index (χ3v) is 3.43. The Morgan fingerprint density at radius 1 is 1.37 bits per heavy atom. The summed E-state index contributed by atoms with van der Waals surface area (Å²) in [6, 6.07) is -0.123. The fourth-order valence-electron chi connectivity index (χ4n) is 2.47.